The summed E-state index contributed by atoms with van der Waals surface area (Å²) < 4.78 is 0. The smallest absolute Gasteiger partial charge is 0.0540 e. The summed E-state index contributed by atoms with van der Waals surface area (Å²) in [5.41, 5.74) is 13.0. The minimum Gasteiger partial charge on any atom is -0.310 e. The summed E-state index contributed by atoms with van der Waals surface area (Å²) in [4.78, 5) is 4.87. The highest BCUT2D eigenvalue weighted by Gasteiger charge is 2.28. The van der Waals surface area contributed by atoms with Crippen molar-refractivity contribution in [2.24, 2.45) is 11.8 Å². The first-order chi connectivity index (χ1) is 30.2. The van der Waals surface area contributed by atoms with Crippen molar-refractivity contribution in [3.8, 4) is 22.3 Å². The fraction of sp³-hybridized carbons (Fsp3) is 0.0508. The van der Waals surface area contributed by atoms with Crippen LogP contribution >= 0.6 is 0 Å². The van der Waals surface area contributed by atoms with Crippen molar-refractivity contribution in [1.29, 1.82) is 0 Å². The summed E-state index contributed by atoms with van der Waals surface area (Å²) in [7, 11) is 0. The minimum absolute atomic E-state index is 0.323. The Morgan fingerprint density at radius 3 is 1.52 bits per heavy atom. The Balaban J connectivity index is 1.22. The van der Waals surface area contributed by atoms with E-state index >= 15 is 0 Å². The molecule has 0 heterocycles. The summed E-state index contributed by atoms with van der Waals surface area (Å²) in [6, 6.07) is 73.0. The van der Waals surface area contributed by atoms with Crippen molar-refractivity contribution in [3.63, 3.8) is 0 Å². The molecule has 2 aliphatic carbocycles. The van der Waals surface area contributed by atoms with Crippen LogP contribution in [0.25, 0.3) is 54.6 Å². The lowest BCUT2D eigenvalue weighted by atomic mass is 9.79. The molecule has 0 saturated heterocycles. The molecule has 2 unspecified atom stereocenters. The molecule has 0 radical (unpaired) electrons. The average molecular weight is 781 g/mol. The third kappa shape index (κ3) is 6.45. The predicted molar refractivity (Wildman–Crippen MR) is 260 cm³/mol. The Morgan fingerprint density at radius 1 is 0.377 bits per heavy atom. The van der Waals surface area contributed by atoms with Crippen LogP contribution in [0, 0.1) is 11.8 Å². The molecule has 0 saturated carbocycles. The number of anilines is 5. The quantitative estimate of drug-likeness (QED) is 0.142. The summed E-state index contributed by atoms with van der Waals surface area (Å²) in [6.45, 7) is 2.32. The topological polar surface area (TPSA) is 6.48 Å². The second-order valence-corrected chi connectivity index (χ2v) is 16.1. The van der Waals surface area contributed by atoms with E-state index in [1.54, 1.807) is 0 Å². The Labute approximate surface area is 358 Å². The summed E-state index contributed by atoms with van der Waals surface area (Å²) >= 11 is 0. The van der Waals surface area contributed by atoms with E-state index in [1.807, 2.05) is 0 Å². The van der Waals surface area contributed by atoms with Crippen LogP contribution in [0.1, 0.15) is 6.92 Å². The number of hydrogen-bond acceptors (Lipinski definition) is 2. The zero-order valence-electron chi connectivity index (χ0n) is 34.1. The second-order valence-electron chi connectivity index (χ2n) is 16.1. The number of hydrogen-bond donors (Lipinski definition) is 0. The van der Waals surface area contributed by atoms with E-state index in [4.69, 9.17) is 0 Å². The third-order valence-corrected chi connectivity index (χ3v) is 12.5. The fourth-order valence-electron chi connectivity index (χ4n) is 9.66. The SMILES string of the molecule is CC1C=CC(N(c2ccccc2)c2ccc3c(-c4ccccc4)c4cc(N(c5ccccc5)c5cccc6ccccc56)ccc4c(-c4ccccc4)c3c2)=C2C=CC=CC21. The molecule has 9 aromatic carbocycles. The number of allylic oxidation sites excluding steroid dienone is 7. The fourth-order valence-corrected chi connectivity index (χ4v) is 9.66. The molecule has 11 rings (SSSR count). The number of fused-ring (bicyclic) bond motifs is 4. The number of nitrogens with zero attached hydrogens (tertiary/aromatic N) is 2. The molecule has 0 spiro atoms. The predicted octanol–water partition coefficient (Wildman–Crippen LogP) is 16.3. The molecule has 2 aliphatic rings. The molecule has 2 nitrogen and oxygen atoms in total. The molecular weight excluding hydrogens is 737 g/mol. The van der Waals surface area contributed by atoms with Gasteiger partial charge in [0.2, 0.25) is 0 Å². The van der Waals surface area contributed by atoms with Gasteiger partial charge in [0.05, 0.1) is 5.69 Å². The first-order valence-electron chi connectivity index (χ1n) is 21.3. The van der Waals surface area contributed by atoms with Gasteiger partial charge in [0.1, 0.15) is 0 Å². The molecule has 0 amide bonds. The van der Waals surface area contributed by atoms with Gasteiger partial charge in [-0.1, -0.05) is 183 Å². The molecule has 0 bridgehead atoms. The largest absolute Gasteiger partial charge is 0.310 e. The van der Waals surface area contributed by atoms with Gasteiger partial charge in [0.15, 0.2) is 0 Å². The number of benzene rings is 9. The van der Waals surface area contributed by atoms with Crippen LogP contribution in [0.3, 0.4) is 0 Å². The van der Waals surface area contributed by atoms with Gasteiger partial charge in [0.25, 0.3) is 0 Å². The summed E-state index contributed by atoms with van der Waals surface area (Å²) in [6.07, 6.45) is 13.7. The van der Waals surface area contributed by atoms with E-state index in [2.05, 4.69) is 253 Å². The Kier molecular flexibility index (Phi) is 9.24. The van der Waals surface area contributed by atoms with Crippen molar-refractivity contribution >= 4 is 60.8 Å². The third-order valence-electron chi connectivity index (χ3n) is 12.5. The molecule has 2 atom stereocenters. The van der Waals surface area contributed by atoms with Gasteiger partial charge >= 0.3 is 0 Å². The van der Waals surface area contributed by atoms with E-state index in [9.17, 15) is 0 Å². The van der Waals surface area contributed by atoms with Gasteiger partial charge in [-0.3, -0.25) is 0 Å². The summed E-state index contributed by atoms with van der Waals surface area (Å²) in [5, 5.41) is 7.27. The number of para-hydroxylation sites is 2. The van der Waals surface area contributed by atoms with Crippen LogP contribution in [-0.4, -0.2) is 0 Å². The standard InChI is InChI=1S/C59H44N2/c1-41-33-38-57(51-31-17-16-29-49(41)51)61(46-27-12-5-13-28-46)48-35-37-53-55(40-48)59(44-22-8-3-9-23-44)52-36-34-47(39-54(52)58(53)43-20-6-2-7-21-43)60(45-25-10-4-11-26-45)56-32-18-24-42-19-14-15-30-50(42)56/h2-41,49H,1H3. The Hall–Kier alpha value is -7.68. The van der Waals surface area contributed by atoms with Crippen LogP contribution in [0.15, 0.2) is 248 Å². The van der Waals surface area contributed by atoms with Crippen LogP contribution in [0.5, 0.6) is 0 Å². The van der Waals surface area contributed by atoms with Crippen LogP contribution < -0.4 is 9.80 Å². The Morgan fingerprint density at radius 2 is 0.902 bits per heavy atom. The lowest BCUT2D eigenvalue weighted by Crippen LogP contribution is -2.24. The molecule has 61 heavy (non-hydrogen) atoms. The lowest BCUT2D eigenvalue weighted by Gasteiger charge is -2.35. The van der Waals surface area contributed by atoms with Gasteiger partial charge in [0, 0.05) is 39.8 Å². The monoisotopic (exact) mass is 780 g/mol. The van der Waals surface area contributed by atoms with E-state index in [-0.39, 0.29) is 0 Å². The first kappa shape index (κ1) is 36.4. The molecule has 290 valence electrons. The summed E-state index contributed by atoms with van der Waals surface area (Å²) in [5.74, 6) is 0.741. The van der Waals surface area contributed by atoms with E-state index in [0.29, 0.717) is 11.8 Å². The first-order valence-corrected chi connectivity index (χ1v) is 21.3. The van der Waals surface area contributed by atoms with Gasteiger partial charge in [-0.25, -0.2) is 0 Å². The highest BCUT2D eigenvalue weighted by molar-refractivity contribution is 6.22. The molecular formula is C59H44N2. The normalized spacial score (nSPS) is 15.7. The Bertz CT molecular complexity index is 3190. The van der Waals surface area contributed by atoms with Gasteiger partial charge in [-0.15, -0.1) is 0 Å². The maximum absolute atomic E-state index is 2.46. The molecule has 0 aliphatic heterocycles. The van der Waals surface area contributed by atoms with Crippen molar-refractivity contribution in [1.82, 2.24) is 0 Å². The van der Waals surface area contributed by atoms with Crippen LogP contribution in [-0.2, 0) is 0 Å². The maximum Gasteiger partial charge on any atom is 0.0540 e. The van der Waals surface area contributed by atoms with Gasteiger partial charge in [-0.05, 0) is 121 Å². The molecule has 0 N–H and O–H groups in total. The second kappa shape index (κ2) is 15.5. The van der Waals surface area contributed by atoms with Gasteiger partial charge in [-0.2, -0.15) is 0 Å². The van der Waals surface area contributed by atoms with E-state index < -0.39 is 0 Å². The number of rotatable bonds is 8. The van der Waals surface area contributed by atoms with Crippen molar-refractivity contribution in [2.45, 2.75) is 6.92 Å². The average Bonchev–Trinajstić information content (AvgIpc) is 3.33. The zero-order valence-corrected chi connectivity index (χ0v) is 34.1. The highest BCUT2D eigenvalue weighted by Crippen LogP contribution is 2.49. The molecule has 0 aromatic heterocycles. The lowest BCUT2D eigenvalue weighted by molar-refractivity contribution is 0.576. The van der Waals surface area contributed by atoms with Crippen molar-refractivity contribution in [2.75, 3.05) is 9.80 Å². The van der Waals surface area contributed by atoms with Crippen molar-refractivity contribution in [3.05, 3.63) is 248 Å². The zero-order chi connectivity index (χ0) is 40.7. The van der Waals surface area contributed by atoms with Gasteiger partial charge < -0.3 is 9.80 Å². The maximum atomic E-state index is 2.46. The van der Waals surface area contributed by atoms with Crippen LogP contribution in [0.4, 0.5) is 28.4 Å². The highest BCUT2D eigenvalue weighted by atomic mass is 15.2. The van der Waals surface area contributed by atoms with E-state index in [0.717, 1.165) is 28.4 Å². The van der Waals surface area contributed by atoms with Crippen LogP contribution in [0.2, 0.25) is 0 Å². The van der Waals surface area contributed by atoms with Crippen molar-refractivity contribution < 1.29 is 0 Å². The van der Waals surface area contributed by atoms with E-state index in [1.165, 1.54) is 65.8 Å². The molecule has 2 heteroatoms. The minimum atomic E-state index is 0.323. The molecule has 0 fully saturated rings. The molecule has 9 aromatic rings.